The van der Waals surface area contributed by atoms with Gasteiger partial charge in [0.2, 0.25) is 34.4 Å². The van der Waals surface area contributed by atoms with Crippen LogP contribution in [-0.2, 0) is 20.2 Å². The first kappa shape index (κ1) is 42.4. The van der Waals surface area contributed by atoms with E-state index in [1.165, 1.54) is 48.5 Å². The van der Waals surface area contributed by atoms with Crippen LogP contribution in [0.25, 0.3) is 43.1 Å². The lowest BCUT2D eigenvalue weighted by molar-refractivity contribution is 0.0877. The smallest absolute Gasteiger partial charge is 0.296 e. The number of nitrogens with zero attached hydrogens (tertiary/aromatic N) is 8. The fraction of sp³-hybridized carbons (Fsp3) is 0. The summed E-state index contributed by atoms with van der Waals surface area (Å²) in [4.78, 5) is 80.4. The van der Waals surface area contributed by atoms with E-state index in [-0.39, 0.29) is 79.4 Å². The number of anilines is 8. The van der Waals surface area contributed by atoms with E-state index in [0.717, 1.165) is 21.9 Å². The number of nitrogens with two attached hydrogens (primary N) is 2. The summed E-state index contributed by atoms with van der Waals surface area (Å²) in [5.74, 6) is -4.31. The Hall–Kier alpha value is -8.26. The highest BCUT2D eigenvalue weighted by molar-refractivity contribution is 7.86. The summed E-state index contributed by atoms with van der Waals surface area (Å²) < 4.78 is 71.2. The van der Waals surface area contributed by atoms with E-state index < -0.39 is 53.7 Å². The van der Waals surface area contributed by atoms with Crippen molar-refractivity contribution in [3.63, 3.8) is 0 Å². The first-order chi connectivity index (χ1) is 32.3. The number of imide groups is 2. The Bertz CT molecular complexity index is 3680. The standard InChI is InChI=1S/C42H22Cl2N12O10S2/c43-37-49-39(45)53-41(51-37)47-25-11-1-15(13-27(25)67(61,62)63)55-33(57)21-7-3-17-19-5-9-23-32-24(10-6-20(30(19)32)18-4-8-22(34(55)58)31(21)29(17)18)36(60)56(35(23)59)16-2-12-26(28(14-16)68(64,65)66)48-42-52-38(44)50-40(46)54-42/h1-14H,(H,61,62,63)(H,64,65,66)(H3,45,47,49,51,53)(H3,46,48,50,52,54). The van der Waals surface area contributed by atoms with Crippen LogP contribution in [0, 0.1) is 0 Å². The Labute approximate surface area is 389 Å². The molecule has 2 aromatic heterocycles. The topological polar surface area (TPSA) is 337 Å². The van der Waals surface area contributed by atoms with Crippen LogP contribution in [-0.4, -0.2) is 79.5 Å². The van der Waals surface area contributed by atoms with Gasteiger partial charge < -0.3 is 22.1 Å². The Morgan fingerprint density at radius 1 is 0.456 bits per heavy atom. The maximum Gasteiger partial charge on any atom is 0.296 e. The zero-order chi connectivity index (χ0) is 47.9. The Morgan fingerprint density at radius 3 is 1.07 bits per heavy atom. The molecule has 0 bridgehead atoms. The number of halogens is 2. The van der Waals surface area contributed by atoms with Gasteiger partial charge in [-0.05, 0) is 116 Å². The van der Waals surface area contributed by atoms with E-state index in [2.05, 4.69) is 40.5 Å². The highest BCUT2D eigenvalue weighted by Gasteiger charge is 2.39. The van der Waals surface area contributed by atoms with Gasteiger partial charge in [-0.1, -0.05) is 24.3 Å². The van der Waals surface area contributed by atoms with Gasteiger partial charge in [0.1, 0.15) is 9.79 Å². The van der Waals surface area contributed by atoms with Gasteiger partial charge in [0.05, 0.1) is 22.7 Å². The summed E-state index contributed by atoms with van der Waals surface area (Å²) >= 11 is 11.7. The quantitative estimate of drug-likeness (QED) is 0.0429. The molecule has 26 heteroatoms. The predicted molar refractivity (Wildman–Crippen MR) is 248 cm³/mol. The van der Waals surface area contributed by atoms with Gasteiger partial charge in [0, 0.05) is 33.0 Å². The average molecular weight is 990 g/mol. The summed E-state index contributed by atoms with van der Waals surface area (Å²) in [5.41, 5.74) is 10.7. The van der Waals surface area contributed by atoms with Gasteiger partial charge in [-0.3, -0.25) is 28.3 Å². The lowest BCUT2D eigenvalue weighted by Crippen LogP contribution is -2.40. The predicted octanol–water partition coefficient (Wildman–Crippen LogP) is 6.16. The van der Waals surface area contributed by atoms with Crippen LogP contribution in [0.4, 0.5) is 46.5 Å². The van der Waals surface area contributed by atoms with E-state index in [9.17, 15) is 45.1 Å². The third-order valence-electron chi connectivity index (χ3n) is 11.4. The van der Waals surface area contributed by atoms with Crippen LogP contribution >= 0.6 is 23.2 Å². The van der Waals surface area contributed by atoms with Gasteiger partial charge in [-0.25, -0.2) is 9.80 Å². The highest BCUT2D eigenvalue weighted by Crippen LogP contribution is 2.47. The molecule has 0 unspecified atom stereocenters. The zero-order valence-corrected chi connectivity index (χ0v) is 36.7. The molecule has 0 saturated heterocycles. The van der Waals surface area contributed by atoms with Crippen molar-refractivity contribution in [2.45, 2.75) is 9.79 Å². The molecule has 68 heavy (non-hydrogen) atoms. The monoisotopic (exact) mass is 988 g/mol. The van der Waals surface area contributed by atoms with E-state index in [4.69, 9.17) is 34.7 Å². The number of rotatable bonds is 8. The van der Waals surface area contributed by atoms with E-state index in [1.807, 2.05) is 0 Å². The van der Waals surface area contributed by atoms with Crippen molar-refractivity contribution in [2.75, 3.05) is 31.9 Å². The number of carbonyl (C=O) groups excluding carboxylic acids is 4. The molecule has 0 atom stereocenters. The van der Waals surface area contributed by atoms with Crippen LogP contribution in [0.1, 0.15) is 41.4 Å². The molecule has 0 saturated carbocycles. The minimum absolute atomic E-state index is 0.0906. The third kappa shape index (κ3) is 6.45. The number of hydrogen-bond acceptors (Lipinski definition) is 18. The molecule has 2 aliphatic rings. The average Bonchev–Trinajstić information content (AvgIpc) is 3.26. The molecule has 9 aromatic rings. The van der Waals surface area contributed by atoms with Crippen molar-refractivity contribution in [1.29, 1.82) is 0 Å². The second-order valence-corrected chi connectivity index (χ2v) is 18.6. The fourth-order valence-corrected chi connectivity index (χ4v) is 10.4. The molecule has 336 valence electrons. The van der Waals surface area contributed by atoms with E-state index in [1.54, 1.807) is 24.3 Å². The molecule has 2 aliphatic heterocycles. The van der Waals surface area contributed by atoms with Crippen LogP contribution in [0.2, 0.25) is 10.6 Å². The van der Waals surface area contributed by atoms with Crippen LogP contribution in [0.15, 0.2) is 94.7 Å². The lowest BCUT2D eigenvalue weighted by atomic mass is 9.82. The van der Waals surface area contributed by atoms with Crippen molar-refractivity contribution in [3.8, 4) is 0 Å². The maximum atomic E-state index is 14.4. The second kappa shape index (κ2) is 14.6. The lowest BCUT2D eigenvalue weighted by Gasteiger charge is -2.30. The number of fused-ring (bicyclic) bond motifs is 2. The fourth-order valence-electron chi connectivity index (χ4n) is 8.75. The zero-order valence-electron chi connectivity index (χ0n) is 33.5. The first-order valence-electron chi connectivity index (χ1n) is 19.4. The summed E-state index contributed by atoms with van der Waals surface area (Å²) in [6.07, 6.45) is 0. The van der Waals surface area contributed by atoms with Gasteiger partial charge in [0.15, 0.2) is 0 Å². The number of nitrogen functional groups attached to an aromatic ring is 2. The molecular formula is C42H22Cl2N12O10S2. The molecule has 22 nitrogen and oxygen atoms in total. The Morgan fingerprint density at radius 2 is 0.779 bits per heavy atom. The molecule has 4 amide bonds. The Kier molecular flexibility index (Phi) is 9.11. The number of carbonyl (C=O) groups is 4. The normalized spacial score (nSPS) is 14.0. The summed E-state index contributed by atoms with van der Waals surface area (Å²) in [5, 5.41) is 8.51. The van der Waals surface area contributed by atoms with Crippen LogP contribution in [0.3, 0.4) is 0 Å². The molecule has 7 aromatic carbocycles. The molecule has 8 N–H and O–H groups in total. The number of aromatic nitrogens is 6. The first-order valence-corrected chi connectivity index (χ1v) is 23.0. The number of hydrogen-bond donors (Lipinski definition) is 6. The summed E-state index contributed by atoms with van der Waals surface area (Å²) in [6, 6.07) is 19.5. The van der Waals surface area contributed by atoms with Crippen LogP contribution in [0.5, 0.6) is 0 Å². The van der Waals surface area contributed by atoms with Crippen molar-refractivity contribution >= 4 is 157 Å². The van der Waals surface area contributed by atoms with Crippen LogP contribution < -0.4 is 31.9 Å². The minimum Gasteiger partial charge on any atom is -0.368 e. The number of benzene rings is 7. The number of nitrogens with one attached hydrogen (secondary N) is 2. The molecule has 0 radical (unpaired) electrons. The molecule has 4 heterocycles. The van der Waals surface area contributed by atoms with Crippen molar-refractivity contribution in [1.82, 2.24) is 29.9 Å². The van der Waals surface area contributed by atoms with E-state index >= 15 is 0 Å². The third-order valence-corrected chi connectivity index (χ3v) is 13.5. The maximum absolute atomic E-state index is 14.4. The summed E-state index contributed by atoms with van der Waals surface area (Å²) in [7, 11) is -10.0. The van der Waals surface area contributed by atoms with Crippen molar-refractivity contribution < 1.29 is 45.1 Å². The number of amides is 4. The van der Waals surface area contributed by atoms with E-state index in [0.29, 0.717) is 43.1 Å². The molecule has 0 aliphatic carbocycles. The second-order valence-electron chi connectivity index (χ2n) is 15.2. The highest BCUT2D eigenvalue weighted by atomic mass is 35.5. The van der Waals surface area contributed by atoms with Gasteiger partial charge in [-0.2, -0.15) is 46.7 Å². The molecule has 0 spiro atoms. The largest absolute Gasteiger partial charge is 0.368 e. The van der Waals surface area contributed by atoms with Gasteiger partial charge in [0.25, 0.3) is 43.9 Å². The van der Waals surface area contributed by atoms with Gasteiger partial charge in [-0.15, -0.1) is 0 Å². The SMILES string of the molecule is Nc1nc(Cl)nc(Nc2ccc(N3C(=O)c4ccc5c6ccc7c8c(ccc(c9ccc(c4c59)C3=O)c86)C(=O)N(c3ccc(Nc4nc(N)nc(Cl)n4)c(S(=O)(=O)O)c3)C7=O)cc2S(=O)(=O)O)n1. The Balaban J connectivity index is 0.999. The molecule has 11 rings (SSSR count). The molecule has 0 fully saturated rings. The van der Waals surface area contributed by atoms with Crippen molar-refractivity contribution in [3.05, 3.63) is 118 Å². The minimum atomic E-state index is -5.01. The van der Waals surface area contributed by atoms with Gasteiger partial charge >= 0.3 is 0 Å². The summed E-state index contributed by atoms with van der Waals surface area (Å²) in [6.45, 7) is 0. The molecular weight excluding hydrogens is 968 g/mol. The van der Waals surface area contributed by atoms with Crippen molar-refractivity contribution in [2.24, 2.45) is 0 Å².